The Morgan fingerprint density at radius 1 is 1.50 bits per heavy atom. The van der Waals surface area contributed by atoms with Crippen LogP contribution in [0.5, 0.6) is 5.75 Å². The first kappa shape index (κ1) is 12.8. The highest BCUT2D eigenvalue weighted by atomic mass is 16.5. The van der Waals surface area contributed by atoms with Crippen molar-refractivity contribution in [3.8, 4) is 5.75 Å². The number of methoxy groups -OCH3 is 1. The van der Waals surface area contributed by atoms with Crippen LogP contribution in [0.2, 0.25) is 0 Å². The summed E-state index contributed by atoms with van der Waals surface area (Å²) < 4.78 is 5.19. The van der Waals surface area contributed by atoms with Crippen LogP contribution in [0, 0.1) is 0 Å². The lowest BCUT2D eigenvalue weighted by atomic mass is 10.1. The minimum absolute atomic E-state index is 0.0532. The largest absolute Gasteiger partial charge is 0.497 e. The zero-order chi connectivity index (χ0) is 12.1. The smallest absolute Gasteiger partial charge is 0.120 e. The molecule has 90 valence electrons. The molecular formula is C12H20N2O2. The Labute approximate surface area is 96.6 Å². The van der Waals surface area contributed by atoms with Crippen LogP contribution in [-0.2, 0) is 6.54 Å². The van der Waals surface area contributed by atoms with Crippen molar-refractivity contribution < 1.29 is 9.84 Å². The number of nitrogens with zero attached hydrogens (tertiary/aromatic N) is 1. The van der Waals surface area contributed by atoms with Crippen molar-refractivity contribution in [3.63, 3.8) is 0 Å². The molecule has 16 heavy (non-hydrogen) atoms. The number of anilines is 1. The van der Waals surface area contributed by atoms with Crippen molar-refractivity contribution in [1.82, 2.24) is 0 Å². The lowest BCUT2D eigenvalue weighted by Crippen LogP contribution is -2.32. The number of ether oxygens (including phenoxy) is 1. The Kier molecular flexibility index (Phi) is 4.58. The summed E-state index contributed by atoms with van der Waals surface area (Å²) in [5, 5.41) is 9.15. The first-order valence-corrected chi connectivity index (χ1v) is 5.34. The predicted octanol–water partition coefficient (Wildman–Crippen LogP) is 0.971. The van der Waals surface area contributed by atoms with Crippen LogP contribution in [-0.4, -0.2) is 31.9 Å². The zero-order valence-corrected chi connectivity index (χ0v) is 10.1. The molecular weight excluding hydrogens is 204 g/mol. The molecule has 1 atom stereocenters. The van der Waals surface area contributed by atoms with E-state index in [1.165, 1.54) is 0 Å². The zero-order valence-electron chi connectivity index (χ0n) is 10.1. The number of nitrogens with two attached hydrogens (primary N) is 1. The maximum Gasteiger partial charge on any atom is 0.120 e. The molecule has 0 aromatic heterocycles. The van der Waals surface area contributed by atoms with E-state index < -0.39 is 0 Å². The Bertz CT molecular complexity index is 342. The molecule has 1 aromatic carbocycles. The number of rotatable bonds is 5. The molecule has 0 aliphatic carbocycles. The van der Waals surface area contributed by atoms with E-state index in [2.05, 4.69) is 0 Å². The summed E-state index contributed by atoms with van der Waals surface area (Å²) in [5.41, 5.74) is 7.74. The molecule has 0 spiro atoms. The number of benzene rings is 1. The van der Waals surface area contributed by atoms with Crippen LogP contribution in [0.1, 0.15) is 12.5 Å². The summed E-state index contributed by atoms with van der Waals surface area (Å²) in [7, 11) is 3.57. The minimum atomic E-state index is 0.0532. The summed E-state index contributed by atoms with van der Waals surface area (Å²) in [5.74, 6) is 0.796. The number of hydrogen-bond donors (Lipinski definition) is 2. The summed E-state index contributed by atoms with van der Waals surface area (Å²) >= 11 is 0. The molecule has 0 saturated heterocycles. The van der Waals surface area contributed by atoms with E-state index >= 15 is 0 Å². The molecule has 0 aliphatic rings. The van der Waals surface area contributed by atoms with Gasteiger partial charge in [0.1, 0.15) is 5.75 Å². The van der Waals surface area contributed by atoms with Gasteiger partial charge >= 0.3 is 0 Å². The van der Waals surface area contributed by atoms with Gasteiger partial charge in [-0.1, -0.05) is 6.07 Å². The average molecular weight is 224 g/mol. The Hall–Kier alpha value is -1.26. The lowest BCUT2D eigenvalue weighted by molar-refractivity contribution is 0.270. The maximum absolute atomic E-state index is 9.15. The second-order valence-corrected chi connectivity index (χ2v) is 3.84. The summed E-state index contributed by atoms with van der Waals surface area (Å²) in [6, 6.07) is 5.84. The van der Waals surface area contributed by atoms with Gasteiger partial charge in [-0.25, -0.2) is 0 Å². The van der Waals surface area contributed by atoms with E-state index in [-0.39, 0.29) is 12.6 Å². The van der Waals surface area contributed by atoms with Crippen LogP contribution in [0.25, 0.3) is 0 Å². The van der Waals surface area contributed by atoms with Gasteiger partial charge in [0.25, 0.3) is 0 Å². The molecule has 1 aromatic rings. The Morgan fingerprint density at radius 2 is 2.19 bits per heavy atom. The topological polar surface area (TPSA) is 58.7 Å². The summed E-state index contributed by atoms with van der Waals surface area (Å²) in [6.07, 6.45) is 0. The van der Waals surface area contributed by atoms with Crippen LogP contribution >= 0.6 is 0 Å². The van der Waals surface area contributed by atoms with Gasteiger partial charge in [0.15, 0.2) is 0 Å². The van der Waals surface area contributed by atoms with E-state index in [4.69, 9.17) is 15.6 Å². The third-order valence-electron chi connectivity index (χ3n) is 2.82. The fourth-order valence-electron chi connectivity index (χ4n) is 1.53. The van der Waals surface area contributed by atoms with Gasteiger partial charge in [0, 0.05) is 31.4 Å². The Morgan fingerprint density at radius 3 is 2.69 bits per heavy atom. The number of aliphatic hydroxyl groups is 1. The van der Waals surface area contributed by atoms with E-state index in [1.54, 1.807) is 7.11 Å². The van der Waals surface area contributed by atoms with Crippen molar-refractivity contribution >= 4 is 5.69 Å². The minimum Gasteiger partial charge on any atom is -0.497 e. The molecule has 0 bridgehead atoms. The van der Waals surface area contributed by atoms with Crippen LogP contribution in [0.15, 0.2) is 18.2 Å². The highest BCUT2D eigenvalue weighted by molar-refractivity contribution is 5.57. The van der Waals surface area contributed by atoms with E-state index in [0.717, 1.165) is 17.0 Å². The fourth-order valence-corrected chi connectivity index (χ4v) is 1.53. The SMILES string of the molecule is COc1ccc(CN)c(N(C)C(C)CO)c1. The Balaban J connectivity index is 3.07. The van der Waals surface area contributed by atoms with Crippen molar-refractivity contribution in [3.05, 3.63) is 23.8 Å². The van der Waals surface area contributed by atoms with Gasteiger partial charge in [-0.3, -0.25) is 0 Å². The van der Waals surface area contributed by atoms with Crippen LogP contribution in [0.3, 0.4) is 0 Å². The highest BCUT2D eigenvalue weighted by Gasteiger charge is 2.13. The number of aliphatic hydroxyl groups excluding tert-OH is 1. The fraction of sp³-hybridized carbons (Fsp3) is 0.500. The molecule has 4 nitrogen and oxygen atoms in total. The van der Waals surface area contributed by atoms with Crippen LogP contribution < -0.4 is 15.4 Å². The van der Waals surface area contributed by atoms with Crippen molar-refractivity contribution in [2.45, 2.75) is 19.5 Å². The summed E-state index contributed by atoms with van der Waals surface area (Å²) in [6.45, 7) is 2.54. The second kappa shape index (κ2) is 5.72. The van der Waals surface area contributed by atoms with Crippen molar-refractivity contribution in [2.24, 2.45) is 5.73 Å². The first-order valence-electron chi connectivity index (χ1n) is 5.34. The normalized spacial score (nSPS) is 12.3. The molecule has 0 amide bonds. The molecule has 3 N–H and O–H groups in total. The van der Waals surface area contributed by atoms with Gasteiger partial charge in [0.05, 0.1) is 13.7 Å². The molecule has 1 rings (SSSR count). The van der Waals surface area contributed by atoms with Crippen molar-refractivity contribution in [2.75, 3.05) is 25.7 Å². The predicted molar refractivity (Wildman–Crippen MR) is 65.8 cm³/mol. The molecule has 0 heterocycles. The molecule has 1 unspecified atom stereocenters. The van der Waals surface area contributed by atoms with E-state index in [0.29, 0.717) is 6.54 Å². The maximum atomic E-state index is 9.15. The molecule has 0 aliphatic heterocycles. The summed E-state index contributed by atoms with van der Waals surface area (Å²) in [4.78, 5) is 2.00. The highest BCUT2D eigenvalue weighted by Crippen LogP contribution is 2.26. The molecule has 0 fully saturated rings. The van der Waals surface area contributed by atoms with E-state index in [1.807, 2.05) is 37.1 Å². The third kappa shape index (κ3) is 2.65. The molecule has 0 saturated carbocycles. The quantitative estimate of drug-likeness (QED) is 0.782. The second-order valence-electron chi connectivity index (χ2n) is 3.84. The van der Waals surface area contributed by atoms with Crippen molar-refractivity contribution in [1.29, 1.82) is 0 Å². The monoisotopic (exact) mass is 224 g/mol. The van der Waals surface area contributed by atoms with Gasteiger partial charge in [-0.2, -0.15) is 0 Å². The number of likely N-dealkylation sites (N-methyl/N-ethyl adjacent to an activating group) is 1. The molecule has 0 radical (unpaired) electrons. The third-order valence-corrected chi connectivity index (χ3v) is 2.82. The van der Waals surface area contributed by atoms with Gasteiger partial charge in [-0.05, 0) is 18.6 Å². The van der Waals surface area contributed by atoms with Gasteiger partial charge < -0.3 is 20.5 Å². The first-order chi connectivity index (χ1) is 7.63. The van der Waals surface area contributed by atoms with Crippen LogP contribution in [0.4, 0.5) is 5.69 Å². The van der Waals surface area contributed by atoms with E-state index in [9.17, 15) is 0 Å². The van der Waals surface area contributed by atoms with Gasteiger partial charge in [0.2, 0.25) is 0 Å². The van der Waals surface area contributed by atoms with Gasteiger partial charge in [-0.15, -0.1) is 0 Å². The standard InChI is InChI=1S/C12H20N2O2/c1-9(8-15)14(2)12-6-11(16-3)5-4-10(12)7-13/h4-6,9,15H,7-8,13H2,1-3H3. The number of hydrogen-bond acceptors (Lipinski definition) is 4. The average Bonchev–Trinajstić information content (AvgIpc) is 2.35. The molecule has 4 heteroatoms. The lowest BCUT2D eigenvalue weighted by Gasteiger charge is -2.27.